The van der Waals surface area contributed by atoms with Crippen molar-refractivity contribution in [3.8, 4) is 11.8 Å². The summed E-state index contributed by atoms with van der Waals surface area (Å²) in [6.45, 7) is 3.08. The van der Waals surface area contributed by atoms with E-state index in [-0.39, 0.29) is 12.9 Å². The van der Waals surface area contributed by atoms with Crippen LogP contribution in [0, 0.1) is 11.3 Å². The number of nitriles is 1. The maximum absolute atomic E-state index is 11.6. The first-order chi connectivity index (χ1) is 15.5. The van der Waals surface area contributed by atoms with Crippen molar-refractivity contribution in [2.24, 2.45) is 0 Å². The first kappa shape index (κ1) is 22.8. The van der Waals surface area contributed by atoms with Gasteiger partial charge in [-0.2, -0.15) is 5.26 Å². The molecule has 164 valence electrons. The van der Waals surface area contributed by atoms with Crippen molar-refractivity contribution in [1.29, 1.82) is 5.26 Å². The summed E-state index contributed by atoms with van der Waals surface area (Å²) in [4.78, 5) is 20.1. The molecule has 0 saturated heterocycles. The molecule has 0 bridgehead atoms. The van der Waals surface area contributed by atoms with Crippen molar-refractivity contribution in [3.63, 3.8) is 0 Å². The molecule has 1 heterocycles. The molecule has 0 radical (unpaired) electrons. The molecule has 0 spiro atoms. The second-order valence-corrected chi connectivity index (χ2v) is 7.33. The average molecular weight is 453 g/mol. The van der Waals surface area contributed by atoms with Crippen LogP contribution in [0.5, 0.6) is 5.75 Å². The Morgan fingerprint density at radius 1 is 1.16 bits per heavy atom. The molecule has 0 fully saturated rings. The van der Waals surface area contributed by atoms with E-state index in [1.54, 1.807) is 68.7 Å². The minimum Gasteiger partial charge on any atom is -0.457 e. The van der Waals surface area contributed by atoms with Crippen LogP contribution in [0.15, 0.2) is 60.9 Å². The van der Waals surface area contributed by atoms with Crippen LogP contribution in [0.4, 0.5) is 10.7 Å². The lowest BCUT2D eigenvalue weighted by Gasteiger charge is -2.23. The summed E-state index contributed by atoms with van der Waals surface area (Å²) in [6, 6.07) is 15.5. The molecule has 0 aliphatic heterocycles. The minimum absolute atomic E-state index is 0.305. The van der Waals surface area contributed by atoms with E-state index in [1.165, 1.54) is 0 Å². The van der Waals surface area contributed by atoms with Gasteiger partial charge in [0.1, 0.15) is 5.75 Å². The van der Waals surface area contributed by atoms with E-state index < -0.39 is 12.2 Å². The number of ether oxygens (including phenoxy) is 3. The molecule has 1 N–H and O–H groups in total. The third-order valence-electron chi connectivity index (χ3n) is 4.19. The Bertz CT molecular complexity index is 1100. The average Bonchev–Trinajstić information content (AvgIpc) is 2.78. The van der Waals surface area contributed by atoms with Gasteiger partial charge >= 0.3 is 6.16 Å². The Labute approximate surface area is 190 Å². The normalized spacial score (nSPS) is 11.3. The lowest BCUT2D eigenvalue weighted by atomic mass is 9.96. The van der Waals surface area contributed by atoms with Crippen molar-refractivity contribution in [2.75, 3.05) is 12.1 Å². The Morgan fingerprint density at radius 2 is 1.94 bits per heavy atom. The fourth-order valence-electron chi connectivity index (χ4n) is 2.88. The highest BCUT2D eigenvalue weighted by molar-refractivity contribution is 6.30. The van der Waals surface area contributed by atoms with Crippen molar-refractivity contribution < 1.29 is 19.0 Å². The third kappa shape index (κ3) is 6.33. The zero-order valence-electron chi connectivity index (χ0n) is 17.5. The smallest absolute Gasteiger partial charge is 0.457 e. The van der Waals surface area contributed by atoms with Gasteiger partial charge in [0.25, 0.3) is 0 Å². The molecule has 2 aromatic carbocycles. The number of benzene rings is 2. The number of hydrogen-bond donors (Lipinski definition) is 1. The Hall–Kier alpha value is -3.83. The molecule has 1 atom stereocenters. The summed E-state index contributed by atoms with van der Waals surface area (Å²) in [5.74, 6) is 0.796. The molecule has 3 aromatic rings. The standard InChI is InChI=1S/C23H21ClN4O4/c1-15(2)32-23(29)31-14-30-20-8-7-18(24)12-19(20)21(28-22-26-9-4-10-27-22)17-6-3-5-16(11-17)13-25/h3-12,15,21H,14H2,1-2H3,(H,26,27,28). The van der Waals surface area contributed by atoms with Crippen LogP contribution in [0.25, 0.3) is 0 Å². The molecule has 1 aromatic heterocycles. The SMILES string of the molecule is CC(C)OC(=O)OCOc1ccc(Cl)cc1C(Nc1ncccn1)c1cccc(C#N)c1. The van der Waals surface area contributed by atoms with Gasteiger partial charge in [-0.1, -0.05) is 23.7 Å². The van der Waals surface area contributed by atoms with Crippen LogP contribution in [0.1, 0.15) is 36.6 Å². The maximum atomic E-state index is 11.6. The molecule has 9 heteroatoms. The number of rotatable bonds is 8. The van der Waals surface area contributed by atoms with Crippen molar-refractivity contribution in [3.05, 3.63) is 82.6 Å². The fraction of sp³-hybridized carbons (Fsp3) is 0.217. The summed E-state index contributed by atoms with van der Waals surface area (Å²) in [6.07, 6.45) is 2.09. The van der Waals surface area contributed by atoms with Gasteiger partial charge in [-0.15, -0.1) is 0 Å². The molecular formula is C23H21ClN4O4. The highest BCUT2D eigenvalue weighted by Crippen LogP contribution is 2.34. The van der Waals surface area contributed by atoms with Crippen molar-refractivity contribution >= 4 is 23.7 Å². The molecule has 0 amide bonds. The molecule has 32 heavy (non-hydrogen) atoms. The highest BCUT2D eigenvalue weighted by Gasteiger charge is 2.21. The third-order valence-corrected chi connectivity index (χ3v) is 4.43. The van der Waals surface area contributed by atoms with Crippen LogP contribution in [0.2, 0.25) is 5.02 Å². The van der Waals surface area contributed by atoms with Gasteiger partial charge < -0.3 is 19.5 Å². The Kier molecular flexibility index (Phi) is 7.84. The van der Waals surface area contributed by atoms with Gasteiger partial charge in [-0.25, -0.2) is 14.8 Å². The van der Waals surface area contributed by atoms with Crippen molar-refractivity contribution in [1.82, 2.24) is 9.97 Å². The van der Waals surface area contributed by atoms with E-state index in [9.17, 15) is 10.1 Å². The zero-order valence-corrected chi connectivity index (χ0v) is 18.2. The van der Waals surface area contributed by atoms with Gasteiger partial charge in [0, 0.05) is 23.0 Å². The van der Waals surface area contributed by atoms with Gasteiger partial charge in [0.15, 0.2) is 0 Å². The Morgan fingerprint density at radius 3 is 2.66 bits per heavy atom. The predicted octanol–water partition coefficient (Wildman–Crippen LogP) is 5.10. The first-order valence-electron chi connectivity index (χ1n) is 9.75. The number of aromatic nitrogens is 2. The van der Waals surface area contributed by atoms with Crippen LogP contribution < -0.4 is 10.1 Å². The van der Waals surface area contributed by atoms with E-state index >= 15 is 0 Å². The fourth-order valence-corrected chi connectivity index (χ4v) is 3.06. The van der Waals surface area contributed by atoms with Gasteiger partial charge in [0.05, 0.1) is 23.8 Å². The topological polar surface area (TPSA) is 106 Å². The zero-order chi connectivity index (χ0) is 22.9. The monoisotopic (exact) mass is 452 g/mol. The van der Waals surface area contributed by atoms with Gasteiger partial charge in [-0.05, 0) is 55.8 Å². The van der Waals surface area contributed by atoms with E-state index in [0.717, 1.165) is 5.56 Å². The van der Waals surface area contributed by atoms with E-state index in [4.69, 9.17) is 25.8 Å². The van der Waals surface area contributed by atoms with Crippen LogP contribution >= 0.6 is 11.6 Å². The summed E-state index contributed by atoms with van der Waals surface area (Å²) >= 11 is 6.28. The summed E-state index contributed by atoms with van der Waals surface area (Å²) < 4.78 is 15.6. The molecule has 1 unspecified atom stereocenters. The maximum Gasteiger partial charge on any atom is 0.511 e. The largest absolute Gasteiger partial charge is 0.511 e. The summed E-state index contributed by atoms with van der Waals surface area (Å²) in [7, 11) is 0. The number of nitrogens with zero attached hydrogens (tertiary/aromatic N) is 3. The highest BCUT2D eigenvalue weighted by atomic mass is 35.5. The van der Waals surface area contributed by atoms with Gasteiger partial charge in [-0.3, -0.25) is 0 Å². The van der Waals surface area contributed by atoms with Crippen LogP contribution in [0.3, 0.4) is 0 Å². The number of hydrogen-bond acceptors (Lipinski definition) is 8. The first-order valence-corrected chi connectivity index (χ1v) is 10.1. The van der Waals surface area contributed by atoms with Crippen LogP contribution in [-0.4, -0.2) is 29.0 Å². The number of nitrogens with one attached hydrogen (secondary N) is 1. The number of carbonyl (C=O) groups is 1. The summed E-state index contributed by atoms with van der Waals surface area (Å²) in [5, 5.41) is 13.1. The van der Waals surface area contributed by atoms with E-state index in [0.29, 0.717) is 27.8 Å². The molecule has 8 nitrogen and oxygen atoms in total. The molecule has 0 aliphatic carbocycles. The lowest BCUT2D eigenvalue weighted by molar-refractivity contribution is -0.00845. The van der Waals surface area contributed by atoms with Gasteiger partial charge in [0.2, 0.25) is 12.7 Å². The Balaban J connectivity index is 1.93. The number of carbonyl (C=O) groups excluding carboxylic acids is 1. The number of anilines is 1. The number of halogens is 1. The quantitative estimate of drug-likeness (QED) is 0.371. The molecule has 0 aliphatic rings. The summed E-state index contributed by atoms with van der Waals surface area (Å²) in [5.41, 5.74) is 1.90. The minimum atomic E-state index is -0.829. The van der Waals surface area contributed by atoms with E-state index in [2.05, 4.69) is 21.4 Å². The second-order valence-electron chi connectivity index (χ2n) is 6.89. The predicted molar refractivity (Wildman–Crippen MR) is 118 cm³/mol. The van der Waals surface area contributed by atoms with Crippen molar-refractivity contribution in [2.45, 2.75) is 26.0 Å². The lowest BCUT2D eigenvalue weighted by Crippen LogP contribution is -2.18. The van der Waals surface area contributed by atoms with Crippen LogP contribution in [-0.2, 0) is 9.47 Å². The molecule has 3 rings (SSSR count). The second kappa shape index (κ2) is 11.0. The molecule has 0 saturated carbocycles. The molecular weight excluding hydrogens is 432 g/mol. The van der Waals surface area contributed by atoms with E-state index in [1.807, 2.05) is 6.07 Å².